The minimum absolute atomic E-state index is 0.0444. The number of aliphatic hydroxyl groups excluding tert-OH is 1. The Bertz CT molecular complexity index is 624. The van der Waals surface area contributed by atoms with Crippen LogP contribution in [0.25, 0.3) is 0 Å². The van der Waals surface area contributed by atoms with Gasteiger partial charge in [0.2, 0.25) is 0 Å². The molecular weight excluding hydrogens is 272 g/mol. The van der Waals surface area contributed by atoms with Gasteiger partial charge in [-0.05, 0) is 31.6 Å². The molecule has 2 N–H and O–H groups in total. The predicted molar refractivity (Wildman–Crippen MR) is 79.2 cm³/mol. The Balaban J connectivity index is 2.38. The zero-order valence-electron chi connectivity index (χ0n) is 13.2. The van der Waals surface area contributed by atoms with E-state index in [1.165, 1.54) is 10.8 Å². The summed E-state index contributed by atoms with van der Waals surface area (Å²) in [7, 11) is 0. The van der Waals surface area contributed by atoms with Gasteiger partial charge in [0.1, 0.15) is 6.23 Å². The molecule has 1 aromatic heterocycles. The molecule has 6 nitrogen and oxygen atoms in total. The summed E-state index contributed by atoms with van der Waals surface area (Å²) in [4.78, 5) is 25.7. The maximum atomic E-state index is 12.0. The lowest BCUT2D eigenvalue weighted by Crippen LogP contribution is -2.36. The number of H-pyrrole nitrogens is 1. The van der Waals surface area contributed by atoms with E-state index in [0.29, 0.717) is 12.0 Å². The Kier molecular flexibility index (Phi) is 4.13. The molecule has 1 unspecified atom stereocenters. The van der Waals surface area contributed by atoms with Crippen molar-refractivity contribution in [3.8, 4) is 0 Å². The molecule has 0 radical (unpaired) electrons. The maximum Gasteiger partial charge on any atom is 0.330 e. The van der Waals surface area contributed by atoms with Gasteiger partial charge in [-0.15, -0.1) is 0 Å². The quantitative estimate of drug-likeness (QED) is 0.858. The number of aromatic nitrogens is 2. The standard InChI is InChI=1S/C15H24N2O4/c1-8-7-17(14(20)16-13(8)19)11-6-10(15(3,4)5)12(21-11)9(2)18/h7,9-12,18H,6H2,1-5H3,(H,16,19,20)/t9-,10?,11-,12-/m1/s1. The smallest absolute Gasteiger partial charge is 0.330 e. The van der Waals surface area contributed by atoms with Gasteiger partial charge in [-0.25, -0.2) is 4.79 Å². The number of hydrogen-bond donors (Lipinski definition) is 2. The summed E-state index contributed by atoms with van der Waals surface area (Å²) in [6.45, 7) is 9.64. The van der Waals surface area contributed by atoms with Gasteiger partial charge in [0.15, 0.2) is 0 Å². The zero-order chi connectivity index (χ0) is 15.9. The van der Waals surface area contributed by atoms with Crippen molar-refractivity contribution >= 4 is 0 Å². The fraction of sp³-hybridized carbons (Fsp3) is 0.733. The van der Waals surface area contributed by atoms with Crippen LogP contribution in [0.5, 0.6) is 0 Å². The average molecular weight is 296 g/mol. The van der Waals surface area contributed by atoms with E-state index < -0.39 is 18.0 Å². The molecule has 1 aromatic rings. The highest BCUT2D eigenvalue weighted by Crippen LogP contribution is 2.44. The minimum atomic E-state index is -0.612. The van der Waals surface area contributed by atoms with Crippen molar-refractivity contribution in [2.75, 3.05) is 0 Å². The molecule has 4 atom stereocenters. The third kappa shape index (κ3) is 3.11. The fourth-order valence-electron chi connectivity index (χ4n) is 2.96. The van der Waals surface area contributed by atoms with Gasteiger partial charge in [0, 0.05) is 11.8 Å². The molecule has 0 amide bonds. The fourth-order valence-corrected chi connectivity index (χ4v) is 2.96. The molecule has 21 heavy (non-hydrogen) atoms. The molecule has 0 bridgehead atoms. The van der Waals surface area contributed by atoms with Crippen LogP contribution in [0.15, 0.2) is 15.8 Å². The van der Waals surface area contributed by atoms with Crippen molar-refractivity contribution in [3.63, 3.8) is 0 Å². The number of hydrogen-bond acceptors (Lipinski definition) is 4. The second-order valence-corrected chi connectivity index (χ2v) is 6.98. The lowest BCUT2D eigenvalue weighted by atomic mass is 9.75. The molecule has 2 rings (SSSR count). The molecule has 2 heterocycles. The monoisotopic (exact) mass is 296 g/mol. The number of aromatic amines is 1. The first-order valence-electron chi connectivity index (χ1n) is 7.27. The number of nitrogens with one attached hydrogen (secondary N) is 1. The number of nitrogens with zero attached hydrogens (tertiary/aromatic N) is 1. The molecule has 0 spiro atoms. The molecule has 0 saturated carbocycles. The van der Waals surface area contributed by atoms with E-state index in [9.17, 15) is 14.7 Å². The van der Waals surface area contributed by atoms with Crippen LogP contribution >= 0.6 is 0 Å². The minimum Gasteiger partial charge on any atom is -0.391 e. The molecule has 1 fully saturated rings. The molecule has 118 valence electrons. The largest absolute Gasteiger partial charge is 0.391 e. The molecule has 0 aromatic carbocycles. The molecule has 1 aliphatic heterocycles. The Morgan fingerprint density at radius 1 is 1.43 bits per heavy atom. The van der Waals surface area contributed by atoms with Gasteiger partial charge in [0.05, 0.1) is 12.2 Å². The molecule has 6 heteroatoms. The lowest BCUT2D eigenvalue weighted by Gasteiger charge is -2.32. The van der Waals surface area contributed by atoms with Crippen LogP contribution in [0, 0.1) is 18.3 Å². The van der Waals surface area contributed by atoms with Crippen molar-refractivity contribution in [2.45, 2.75) is 59.5 Å². The topological polar surface area (TPSA) is 84.3 Å². The molecule has 1 aliphatic rings. The van der Waals surface area contributed by atoms with Crippen LogP contribution in [0.4, 0.5) is 0 Å². The van der Waals surface area contributed by atoms with Crippen LogP contribution in [-0.4, -0.2) is 26.9 Å². The van der Waals surface area contributed by atoms with Gasteiger partial charge in [0.25, 0.3) is 5.56 Å². The summed E-state index contributed by atoms with van der Waals surface area (Å²) in [6.07, 6.45) is 0.755. The summed E-state index contributed by atoms with van der Waals surface area (Å²) >= 11 is 0. The van der Waals surface area contributed by atoms with Crippen molar-refractivity contribution in [2.24, 2.45) is 11.3 Å². The third-order valence-corrected chi connectivity index (χ3v) is 4.21. The first kappa shape index (κ1) is 16.0. The number of rotatable bonds is 2. The second kappa shape index (κ2) is 5.42. The van der Waals surface area contributed by atoms with Crippen LogP contribution < -0.4 is 11.2 Å². The Morgan fingerprint density at radius 3 is 2.52 bits per heavy atom. The van der Waals surface area contributed by atoms with Crippen LogP contribution in [-0.2, 0) is 4.74 Å². The van der Waals surface area contributed by atoms with E-state index in [4.69, 9.17) is 4.74 Å². The predicted octanol–water partition coefficient (Wildman–Crippen LogP) is 1.18. The number of ether oxygens (including phenoxy) is 1. The first-order valence-corrected chi connectivity index (χ1v) is 7.27. The van der Waals surface area contributed by atoms with Crippen molar-refractivity contribution in [3.05, 3.63) is 32.6 Å². The van der Waals surface area contributed by atoms with E-state index in [1.54, 1.807) is 13.8 Å². The first-order chi connectivity index (χ1) is 9.61. The summed E-state index contributed by atoms with van der Waals surface area (Å²) in [5, 5.41) is 9.95. The van der Waals surface area contributed by atoms with E-state index in [0.717, 1.165) is 0 Å². The summed E-state index contributed by atoms with van der Waals surface area (Å²) in [5.41, 5.74) is -0.439. The van der Waals surface area contributed by atoms with Crippen LogP contribution in [0.3, 0.4) is 0 Å². The van der Waals surface area contributed by atoms with Gasteiger partial charge in [-0.1, -0.05) is 20.8 Å². The number of aryl methyl sites for hydroxylation is 1. The molecule has 0 aliphatic carbocycles. The van der Waals surface area contributed by atoms with Crippen LogP contribution in [0.1, 0.15) is 45.9 Å². The Labute approximate surface area is 123 Å². The van der Waals surface area contributed by atoms with Crippen molar-refractivity contribution < 1.29 is 9.84 Å². The average Bonchev–Trinajstić information content (AvgIpc) is 2.78. The summed E-state index contributed by atoms with van der Waals surface area (Å²) in [5.74, 6) is 0.127. The SMILES string of the molecule is Cc1cn([C@H]2CC(C(C)(C)C)[C@@H]([C@@H](C)O)O2)c(=O)[nH]c1=O. The van der Waals surface area contributed by atoms with Gasteiger partial charge >= 0.3 is 5.69 Å². The zero-order valence-corrected chi connectivity index (χ0v) is 13.2. The van der Waals surface area contributed by atoms with E-state index in [1.807, 2.05) is 0 Å². The highest BCUT2D eigenvalue weighted by molar-refractivity contribution is 5.02. The van der Waals surface area contributed by atoms with Gasteiger partial charge in [-0.2, -0.15) is 0 Å². The van der Waals surface area contributed by atoms with Gasteiger partial charge < -0.3 is 9.84 Å². The summed E-state index contributed by atoms with van der Waals surface area (Å²) in [6, 6.07) is 0. The summed E-state index contributed by atoms with van der Waals surface area (Å²) < 4.78 is 7.33. The number of aliphatic hydroxyl groups is 1. The lowest BCUT2D eigenvalue weighted by molar-refractivity contribution is -0.0738. The Hall–Kier alpha value is -1.40. The third-order valence-electron chi connectivity index (χ3n) is 4.21. The van der Waals surface area contributed by atoms with E-state index in [-0.39, 0.29) is 23.0 Å². The van der Waals surface area contributed by atoms with Crippen molar-refractivity contribution in [1.82, 2.24) is 9.55 Å². The van der Waals surface area contributed by atoms with E-state index in [2.05, 4.69) is 25.8 Å². The van der Waals surface area contributed by atoms with Crippen molar-refractivity contribution in [1.29, 1.82) is 0 Å². The second-order valence-electron chi connectivity index (χ2n) is 6.98. The van der Waals surface area contributed by atoms with Crippen LogP contribution in [0.2, 0.25) is 0 Å². The highest BCUT2D eigenvalue weighted by atomic mass is 16.5. The normalized spacial score (nSPS) is 27.8. The molecular formula is C15H24N2O4. The van der Waals surface area contributed by atoms with Gasteiger partial charge in [-0.3, -0.25) is 14.3 Å². The highest BCUT2D eigenvalue weighted by Gasteiger charge is 2.44. The molecule has 1 saturated heterocycles. The van der Waals surface area contributed by atoms with E-state index >= 15 is 0 Å². The Morgan fingerprint density at radius 2 is 2.05 bits per heavy atom. The maximum absolute atomic E-state index is 12.0.